The summed E-state index contributed by atoms with van der Waals surface area (Å²) in [4.78, 5) is 7.52. The van der Waals surface area contributed by atoms with Crippen molar-refractivity contribution in [1.82, 2.24) is 4.98 Å². The highest BCUT2D eigenvalue weighted by atomic mass is 15.2. The second-order valence-corrected chi connectivity index (χ2v) is 12.3. The van der Waals surface area contributed by atoms with Crippen molar-refractivity contribution in [1.29, 1.82) is 0 Å². The molecule has 0 atom stereocenters. The maximum Gasteiger partial charge on any atom is 0.138 e. The molecule has 0 saturated carbocycles. The third-order valence-electron chi connectivity index (χ3n) is 7.15. The average Bonchev–Trinajstić information content (AvgIpc) is 2.93. The van der Waals surface area contributed by atoms with Crippen molar-refractivity contribution in [3.05, 3.63) is 132 Å². The Hall–Kier alpha value is -4.17. The van der Waals surface area contributed by atoms with Crippen LogP contribution in [0.2, 0.25) is 0 Å². The van der Waals surface area contributed by atoms with E-state index >= 15 is 0 Å². The van der Waals surface area contributed by atoms with E-state index in [1.54, 1.807) is 0 Å². The van der Waals surface area contributed by atoms with E-state index in [9.17, 15) is 0 Å². The highest BCUT2D eigenvalue weighted by molar-refractivity contribution is 5.80. The lowest BCUT2D eigenvalue weighted by Crippen LogP contribution is -2.19. The predicted octanol–water partition coefficient (Wildman–Crippen LogP) is 10.5. The summed E-state index contributed by atoms with van der Waals surface area (Å²) in [5.41, 5.74) is 9.29. The van der Waals surface area contributed by atoms with Crippen molar-refractivity contribution in [3.63, 3.8) is 0 Å². The van der Waals surface area contributed by atoms with Crippen molar-refractivity contribution >= 4 is 17.2 Å². The molecule has 5 rings (SSSR count). The minimum absolute atomic E-state index is 0.00683. The number of benzene rings is 4. The molecule has 0 radical (unpaired) electrons. The van der Waals surface area contributed by atoms with Gasteiger partial charge in [0.25, 0.3) is 0 Å². The first-order valence-corrected chi connectivity index (χ1v) is 13.7. The summed E-state index contributed by atoms with van der Waals surface area (Å²) in [6.45, 7) is 13.7. The van der Waals surface area contributed by atoms with Gasteiger partial charge in [0.15, 0.2) is 0 Å². The van der Waals surface area contributed by atoms with Crippen LogP contribution in [0.25, 0.3) is 22.4 Å². The van der Waals surface area contributed by atoms with Gasteiger partial charge in [-0.1, -0.05) is 126 Å². The Balaban J connectivity index is 1.75. The van der Waals surface area contributed by atoms with E-state index in [1.807, 2.05) is 6.07 Å². The van der Waals surface area contributed by atoms with E-state index in [-0.39, 0.29) is 10.8 Å². The maximum absolute atomic E-state index is 5.21. The molecule has 1 heterocycles. The molecule has 0 aliphatic carbocycles. The lowest BCUT2D eigenvalue weighted by atomic mass is 9.80. The summed E-state index contributed by atoms with van der Waals surface area (Å²) < 4.78 is 0. The fourth-order valence-corrected chi connectivity index (χ4v) is 4.79. The zero-order chi connectivity index (χ0) is 27.6. The predicted molar refractivity (Wildman–Crippen MR) is 167 cm³/mol. The largest absolute Gasteiger partial charge is 0.295 e. The van der Waals surface area contributed by atoms with Crippen LogP contribution in [0.5, 0.6) is 0 Å². The van der Waals surface area contributed by atoms with Gasteiger partial charge in [0, 0.05) is 16.9 Å². The number of aromatic nitrogens is 1. The van der Waals surface area contributed by atoms with Crippen LogP contribution in [0.1, 0.15) is 52.7 Å². The lowest BCUT2D eigenvalue weighted by molar-refractivity contribution is 0.568. The summed E-state index contributed by atoms with van der Waals surface area (Å²) in [6.07, 6.45) is 0. The molecule has 39 heavy (non-hydrogen) atoms. The molecule has 0 spiro atoms. The van der Waals surface area contributed by atoms with Gasteiger partial charge in [0.05, 0.1) is 5.69 Å². The number of hydrogen-bond acceptors (Lipinski definition) is 2. The highest BCUT2D eigenvalue weighted by Crippen LogP contribution is 2.40. The summed E-state index contributed by atoms with van der Waals surface area (Å²) in [5, 5.41) is 0. The van der Waals surface area contributed by atoms with Crippen LogP contribution in [0.3, 0.4) is 0 Å². The molecule has 1 aromatic heterocycles. The molecule has 0 fully saturated rings. The monoisotopic (exact) mass is 510 g/mol. The molecule has 2 nitrogen and oxygen atoms in total. The van der Waals surface area contributed by atoms with Crippen molar-refractivity contribution in [3.8, 4) is 22.4 Å². The standard InChI is InChI=1S/C37H38N2/c1-36(2,3)30-24-31(37(4,5)6)26-33(25-30)39(32-20-13-19-29(23-32)27-15-9-7-10-16-27)35-22-14-21-34(38-35)28-17-11-8-12-18-28/h7-26H,1-6H3. The average molecular weight is 511 g/mol. The zero-order valence-electron chi connectivity index (χ0n) is 23.9. The Morgan fingerprint density at radius 2 is 1.00 bits per heavy atom. The van der Waals surface area contributed by atoms with E-state index in [2.05, 4.69) is 162 Å². The van der Waals surface area contributed by atoms with E-state index < -0.39 is 0 Å². The first-order chi connectivity index (χ1) is 18.6. The highest BCUT2D eigenvalue weighted by Gasteiger charge is 2.24. The molecular formula is C37H38N2. The van der Waals surface area contributed by atoms with Crippen LogP contribution in [0, 0.1) is 0 Å². The molecule has 0 aliphatic heterocycles. The van der Waals surface area contributed by atoms with Crippen LogP contribution in [0.4, 0.5) is 17.2 Å². The summed E-state index contributed by atoms with van der Waals surface area (Å²) in [7, 11) is 0. The van der Waals surface area contributed by atoms with Crippen LogP contribution in [-0.4, -0.2) is 4.98 Å². The van der Waals surface area contributed by atoms with E-state index in [0.717, 1.165) is 28.5 Å². The second kappa shape index (κ2) is 10.5. The SMILES string of the molecule is CC(C)(C)c1cc(N(c2cccc(-c3ccccc3)c2)c2cccc(-c3ccccc3)n2)cc(C(C)(C)C)c1. The first kappa shape index (κ1) is 26.4. The van der Waals surface area contributed by atoms with Crippen molar-refractivity contribution in [2.45, 2.75) is 52.4 Å². The van der Waals surface area contributed by atoms with Gasteiger partial charge in [-0.25, -0.2) is 4.98 Å². The topological polar surface area (TPSA) is 16.1 Å². The van der Waals surface area contributed by atoms with Gasteiger partial charge in [-0.2, -0.15) is 0 Å². The van der Waals surface area contributed by atoms with Crippen LogP contribution in [-0.2, 0) is 10.8 Å². The Morgan fingerprint density at radius 1 is 0.462 bits per heavy atom. The maximum atomic E-state index is 5.21. The number of nitrogens with zero attached hydrogens (tertiary/aromatic N) is 2. The fraction of sp³-hybridized carbons (Fsp3) is 0.216. The Bertz CT molecular complexity index is 1440. The molecule has 4 aromatic carbocycles. The Labute approximate surface area is 234 Å². The van der Waals surface area contributed by atoms with Crippen molar-refractivity contribution in [2.24, 2.45) is 0 Å². The molecule has 0 saturated heterocycles. The van der Waals surface area contributed by atoms with Gasteiger partial charge >= 0.3 is 0 Å². The number of anilines is 3. The van der Waals surface area contributed by atoms with Gasteiger partial charge in [-0.05, 0) is 69.5 Å². The van der Waals surface area contributed by atoms with E-state index in [4.69, 9.17) is 4.98 Å². The third-order valence-corrected chi connectivity index (χ3v) is 7.15. The molecule has 0 amide bonds. The Morgan fingerprint density at radius 3 is 1.59 bits per heavy atom. The van der Waals surface area contributed by atoms with Crippen LogP contribution >= 0.6 is 0 Å². The third kappa shape index (κ3) is 5.96. The van der Waals surface area contributed by atoms with Crippen LogP contribution < -0.4 is 4.90 Å². The Kier molecular flexibility index (Phi) is 7.14. The minimum Gasteiger partial charge on any atom is -0.295 e. The van der Waals surface area contributed by atoms with Crippen molar-refractivity contribution in [2.75, 3.05) is 4.90 Å². The summed E-state index contributed by atoms with van der Waals surface area (Å²) in [6, 6.07) is 43.1. The van der Waals surface area contributed by atoms with E-state index in [0.29, 0.717) is 0 Å². The molecule has 196 valence electrons. The molecule has 0 bridgehead atoms. The number of hydrogen-bond donors (Lipinski definition) is 0. The smallest absolute Gasteiger partial charge is 0.138 e. The summed E-state index contributed by atoms with van der Waals surface area (Å²) >= 11 is 0. The van der Waals surface area contributed by atoms with E-state index in [1.165, 1.54) is 22.3 Å². The van der Waals surface area contributed by atoms with Crippen LogP contribution in [0.15, 0.2) is 121 Å². The normalized spacial score (nSPS) is 11.8. The van der Waals surface area contributed by atoms with Gasteiger partial charge in [-0.3, -0.25) is 4.90 Å². The number of pyridine rings is 1. The molecule has 5 aromatic rings. The van der Waals surface area contributed by atoms with Gasteiger partial charge in [0.1, 0.15) is 5.82 Å². The quantitative estimate of drug-likeness (QED) is 0.234. The second-order valence-electron chi connectivity index (χ2n) is 12.3. The molecule has 0 aliphatic rings. The first-order valence-electron chi connectivity index (χ1n) is 13.7. The molecule has 2 heteroatoms. The lowest BCUT2D eigenvalue weighted by Gasteiger charge is -2.31. The zero-order valence-corrected chi connectivity index (χ0v) is 23.9. The number of rotatable bonds is 5. The van der Waals surface area contributed by atoms with Crippen molar-refractivity contribution < 1.29 is 0 Å². The molecular weight excluding hydrogens is 472 g/mol. The molecule has 0 unspecified atom stereocenters. The van der Waals surface area contributed by atoms with Gasteiger partial charge in [-0.15, -0.1) is 0 Å². The summed E-state index contributed by atoms with van der Waals surface area (Å²) in [5.74, 6) is 0.896. The van der Waals surface area contributed by atoms with Gasteiger partial charge in [0.2, 0.25) is 0 Å². The molecule has 0 N–H and O–H groups in total. The fourth-order valence-electron chi connectivity index (χ4n) is 4.79. The minimum atomic E-state index is 0.00683. The van der Waals surface area contributed by atoms with Gasteiger partial charge < -0.3 is 0 Å².